The number of nitrogens with zero attached hydrogens (tertiary/aromatic N) is 1. The van der Waals surface area contributed by atoms with E-state index in [0.717, 1.165) is 18.7 Å². The van der Waals surface area contributed by atoms with Gasteiger partial charge in [-0.25, -0.2) is 8.78 Å². The predicted octanol–water partition coefficient (Wildman–Crippen LogP) is 1.34. The van der Waals surface area contributed by atoms with Gasteiger partial charge in [-0.2, -0.15) is 0 Å². The molecule has 0 bridgehead atoms. The van der Waals surface area contributed by atoms with Crippen LogP contribution in [0.15, 0.2) is 23.2 Å². The van der Waals surface area contributed by atoms with E-state index in [2.05, 4.69) is 15.6 Å². The molecule has 0 amide bonds. The lowest BCUT2D eigenvalue weighted by Crippen LogP contribution is -2.26. The molecule has 1 heterocycles. The topological polar surface area (TPSA) is 36.4 Å². The van der Waals surface area contributed by atoms with Gasteiger partial charge in [-0.3, -0.25) is 4.99 Å². The van der Waals surface area contributed by atoms with Crippen LogP contribution in [-0.4, -0.2) is 19.0 Å². The number of hydrogen-bond acceptors (Lipinski definition) is 3. The quantitative estimate of drug-likeness (QED) is 0.712. The largest absolute Gasteiger partial charge is 0.354 e. The second kappa shape index (κ2) is 3.61. The zero-order chi connectivity index (χ0) is 9.97. The normalized spacial score (nSPS) is 14.9. The van der Waals surface area contributed by atoms with Gasteiger partial charge in [0.25, 0.3) is 0 Å². The van der Waals surface area contributed by atoms with Gasteiger partial charge < -0.3 is 10.6 Å². The van der Waals surface area contributed by atoms with Crippen LogP contribution in [0.5, 0.6) is 0 Å². The van der Waals surface area contributed by atoms with Gasteiger partial charge in [0.2, 0.25) is 0 Å². The van der Waals surface area contributed by atoms with E-state index in [-0.39, 0.29) is 0 Å². The van der Waals surface area contributed by atoms with Crippen molar-refractivity contribution in [3.8, 4) is 0 Å². The Bertz CT molecular complexity index is 376. The molecular formula is C9H9F2N3. The van der Waals surface area contributed by atoms with Crippen molar-refractivity contribution in [1.29, 1.82) is 0 Å². The number of hydrogen-bond donors (Lipinski definition) is 2. The van der Waals surface area contributed by atoms with Crippen molar-refractivity contribution in [3.63, 3.8) is 0 Å². The summed E-state index contributed by atoms with van der Waals surface area (Å²) < 4.78 is 25.3. The molecule has 5 heteroatoms. The summed E-state index contributed by atoms with van der Waals surface area (Å²) in [6.07, 6.45) is 0. The number of benzene rings is 1. The molecule has 2 N–H and O–H groups in total. The molecule has 1 aromatic rings. The number of guanidine groups is 1. The molecule has 0 saturated carbocycles. The van der Waals surface area contributed by atoms with Crippen LogP contribution in [0.2, 0.25) is 0 Å². The van der Waals surface area contributed by atoms with Gasteiger partial charge in [0.15, 0.2) is 17.6 Å². The van der Waals surface area contributed by atoms with Gasteiger partial charge in [0, 0.05) is 18.3 Å². The van der Waals surface area contributed by atoms with Crippen LogP contribution in [0, 0.1) is 11.6 Å². The molecule has 1 aliphatic heterocycles. The Labute approximate surface area is 79.8 Å². The van der Waals surface area contributed by atoms with Gasteiger partial charge in [0.05, 0.1) is 6.54 Å². The third kappa shape index (κ3) is 1.81. The van der Waals surface area contributed by atoms with Crippen molar-refractivity contribution in [1.82, 2.24) is 5.32 Å². The molecular weight excluding hydrogens is 188 g/mol. The molecule has 1 aromatic carbocycles. The van der Waals surface area contributed by atoms with E-state index < -0.39 is 11.6 Å². The van der Waals surface area contributed by atoms with Crippen molar-refractivity contribution in [2.45, 2.75) is 0 Å². The molecule has 2 rings (SSSR count). The first-order valence-electron chi connectivity index (χ1n) is 4.26. The predicted molar refractivity (Wildman–Crippen MR) is 50.3 cm³/mol. The molecule has 0 aromatic heterocycles. The second-order valence-electron chi connectivity index (χ2n) is 2.91. The van der Waals surface area contributed by atoms with Crippen LogP contribution < -0.4 is 10.6 Å². The number of aliphatic imine (C=N–C) groups is 1. The monoisotopic (exact) mass is 197 g/mol. The molecule has 0 spiro atoms. The highest BCUT2D eigenvalue weighted by Gasteiger charge is 2.06. The summed E-state index contributed by atoms with van der Waals surface area (Å²) >= 11 is 0. The number of nitrogens with one attached hydrogen (secondary N) is 2. The minimum absolute atomic E-state index is 0.483. The first kappa shape index (κ1) is 8.93. The van der Waals surface area contributed by atoms with E-state index in [9.17, 15) is 8.78 Å². The summed E-state index contributed by atoms with van der Waals surface area (Å²) in [5.41, 5.74) is 0.483. The maximum atomic E-state index is 12.8. The van der Waals surface area contributed by atoms with E-state index in [0.29, 0.717) is 18.2 Å². The lowest BCUT2D eigenvalue weighted by atomic mass is 10.3. The number of anilines is 1. The molecule has 14 heavy (non-hydrogen) atoms. The maximum Gasteiger partial charge on any atom is 0.195 e. The van der Waals surface area contributed by atoms with Crippen molar-refractivity contribution in [3.05, 3.63) is 29.8 Å². The Kier molecular flexibility index (Phi) is 2.30. The molecule has 0 fully saturated rings. The first-order valence-corrected chi connectivity index (χ1v) is 4.26. The molecule has 3 nitrogen and oxygen atoms in total. The molecule has 74 valence electrons. The third-order valence-electron chi connectivity index (χ3n) is 1.86. The fourth-order valence-corrected chi connectivity index (χ4v) is 1.19. The van der Waals surface area contributed by atoms with Crippen molar-refractivity contribution >= 4 is 11.6 Å². The highest BCUT2D eigenvalue weighted by atomic mass is 19.2. The molecule has 0 radical (unpaired) electrons. The van der Waals surface area contributed by atoms with Crippen molar-refractivity contribution in [2.24, 2.45) is 4.99 Å². The lowest BCUT2D eigenvalue weighted by Gasteiger charge is -2.06. The zero-order valence-electron chi connectivity index (χ0n) is 7.35. The van der Waals surface area contributed by atoms with E-state index >= 15 is 0 Å². The molecule has 1 aliphatic rings. The molecule has 0 saturated heterocycles. The summed E-state index contributed by atoms with van der Waals surface area (Å²) in [5.74, 6) is -1.12. The minimum atomic E-state index is -0.867. The highest BCUT2D eigenvalue weighted by Crippen LogP contribution is 2.12. The van der Waals surface area contributed by atoms with Gasteiger partial charge in [-0.15, -0.1) is 0 Å². The van der Waals surface area contributed by atoms with Gasteiger partial charge in [-0.05, 0) is 12.1 Å². The van der Waals surface area contributed by atoms with Gasteiger partial charge >= 0.3 is 0 Å². The van der Waals surface area contributed by atoms with Crippen LogP contribution in [0.3, 0.4) is 0 Å². The highest BCUT2D eigenvalue weighted by molar-refractivity contribution is 5.94. The Hall–Kier alpha value is -1.65. The Morgan fingerprint density at radius 2 is 2.14 bits per heavy atom. The van der Waals surface area contributed by atoms with E-state index in [1.54, 1.807) is 0 Å². The van der Waals surface area contributed by atoms with Crippen molar-refractivity contribution in [2.75, 3.05) is 18.4 Å². The second-order valence-corrected chi connectivity index (χ2v) is 2.91. The van der Waals surface area contributed by atoms with Crippen LogP contribution >= 0.6 is 0 Å². The Morgan fingerprint density at radius 3 is 2.79 bits per heavy atom. The fourth-order valence-electron chi connectivity index (χ4n) is 1.19. The Balaban J connectivity index is 2.13. The van der Waals surface area contributed by atoms with Crippen LogP contribution in [0.25, 0.3) is 0 Å². The zero-order valence-corrected chi connectivity index (χ0v) is 7.35. The molecule has 0 unspecified atom stereocenters. The number of halogens is 2. The fraction of sp³-hybridized carbons (Fsp3) is 0.222. The average molecular weight is 197 g/mol. The lowest BCUT2D eigenvalue weighted by molar-refractivity contribution is 0.509. The summed E-state index contributed by atoms with van der Waals surface area (Å²) in [5, 5.41) is 5.80. The van der Waals surface area contributed by atoms with Crippen LogP contribution in [-0.2, 0) is 0 Å². The summed E-state index contributed by atoms with van der Waals surface area (Å²) in [7, 11) is 0. The van der Waals surface area contributed by atoms with Crippen LogP contribution in [0.4, 0.5) is 14.5 Å². The standard InChI is InChI=1S/C9H9F2N3/c10-7-2-1-6(5-8(7)11)14-9-12-3-4-13-9/h1-2,5H,3-4H2,(H2,12,13,14). The van der Waals surface area contributed by atoms with E-state index in [1.807, 2.05) is 0 Å². The summed E-state index contributed by atoms with van der Waals surface area (Å²) in [6, 6.07) is 3.63. The Morgan fingerprint density at radius 1 is 1.29 bits per heavy atom. The van der Waals surface area contributed by atoms with Crippen molar-refractivity contribution < 1.29 is 8.78 Å². The summed E-state index contributed by atoms with van der Waals surface area (Å²) in [6.45, 7) is 1.47. The molecule has 0 atom stereocenters. The van der Waals surface area contributed by atoms with Gasteiger partial charge in [-0.1, -0.05) is 0 Å². The SMILES string of the molecule is Fc1ccc(NC2=NCCN2)cc1F. The van der Waals surface area contributed by atoms with E-state index in [4.69, 9.17) is 0 Å². The smallest absolute Gasteiger partial charge is 0.195 e. The maximum absolute atomic E-state index is 12.8. The number of rotatable bonds is 1. The summed E-state index contributed by atoms with van der Waals surface area (Å²) in [4.78, 5) is 4.06. The average Bonchev–Trinajstić information content (AvgIpc) is 2.64. The minimum Gasteiger partial charge on any atom is -0.354 e. The third-order valence-corrected chi connectivity index (χ3v) is 1.86. The van der Waals surface area contributed by atoms with Gasteiger partial charge in [0.1, 0.15) is 0 Å². The van der Waals surface area contributed by atoms with E-state index in [1.165, 1.54) is 6.07 Å². The van der Waals surface area contributed by atoms with Crippen LogP contribution in [0.1, 0.15) is 0 Å². The first-order chi connectivity index (χ1) is 6.75. The molecule has 0 aliphatic carbocycles.